The molecule has 0 radical (unpaired) electrons. The Morgan fingerprint density at radius 2 is 1.94 bits per heavy atom. The van der Waals surface area contributed by atoms with E-state index in [-0.39, 0.29) is 24.2 Å². The number of carbonyl (C=O) groups excluding carboxylic acids is 2. The number of nitrogens with zero attached hydrogens (tertiary/aromatic N) is 3. The maximum absolute atomic E-state index is 12.7. The third-order valence-electron chi connectivity index (χ3n) is 5.71. The number of anilines is 1. The molecule has 3 heterocycles. The van der Waals surface area contributed by atoms with E-state index in [1.807, 2.05) is 61.6 Å². The van der Waals surface area contributed by atoms with Crippen molar-refractivity contribution in [3.63, 3.8) is 0 Å². The van der Waals surface area contributed by atoms with Gasteiger partial charge in [0, 0.05) is 31.3 Å². The van der Waals surface area contributed by atoms with Crippen molar-refractivity contribution in [3.05, 3.63) is 72.7 Å². The zero-order valence-electron chi connectivity index (χ0n) is 17.1. The average Bonchev–Trinajstić information content (AvgIpc) is 3.50. The van der Waals surface area contributed by atoms with Crippen LogP contribution in [-0.4, -0.2) is 32.8 Å². The SMILES string of the molecule is Cn1c(-c2ccc(NC(=O)C3CC(=O)N(Cc4ccco4)C3)cc2)nc2ccccc21. The molecule has 1 aliphatic rings. The van der Waals surface area contributed by atoms with E-state index in [0.29, 0.717) is 24.5 Å². The summed E-state index contributed by atoms with van der Waals surface area (Å²) in [6, 6.07) is 19.2. The third kappa shape index (κ3) is 3.70. The molecule has 1 saturated heterocycles. The van der Waals surface area contributed by atoms with Crippen LogP contribution < -0.4 is 5.32 Å². The van der Waals surface area contributed by atoms with E-state index in [1.165, 1.54) is 0 Å². The van der Waals surface area contributed by atoms with Crippen molar-refractivity contribution in [2.75, 3.05) is 11.9 Å². The Bertz CT molecular complexity index is 1240. The first-order valence-electron chi connectivity index (χ1n) is 10.2. The molecule has 1 atom stereocenters. The summed E-state index contributed by atoms with van der Waals surface area (Å²) < 4.78 is 7.37. The van der Waals surface area contributed by atoms with Gasteiger partial charge < -0.3 is 19.2 Å². The van der Waals surface area contributed by atoms with Crippen LogP contribution in [-0.2, 0) is 23.2 Å². The largest absolute Gasteiger partial charge is 0.467 e. The van der Waals surface area contributed by atoms with E-state index in [1.54, 1.807) is 17.2 Å². The molecule has 0 bridgehead atoms. The topological polar surface area (TPSA) is 80.4 Å². The molecule has 7 heteroatoms. The molecule has 1 unspecified atom stereocenters. The van der Waals surface area contributed by atoms with Crippen LogP contribution in [0.15, 0.2) is 71.3 Å². The lowest BCUT2D eigenvalue weighted by Crippen LogP contribution is -2.27. The number of hydrogen-bond acceptors (Lipinski definition) is 4. The molecule has 0 spiro atoms. The molecule has 1 N–H and O–H groups in total. The lowest BCUT2D eigenvalue weighted by molar-refractivity contribution is -0.128. The van der Waals surface area contributed by atoms with Crippen molar-refractivity contribution >= 4 is 28.5 Å². The fraction of sp³-hybridized carbons (Fsp3) is 0.208. The van der Waals surface area contributed by atoms with Crippen LogP contribution in [0.1, 0.15) is 12.2 Å². The Balaban J connectivity index is 1.26. The predicted molar refractivity (Wildman–Crippen MR) is 117 cm³/mol. The Labute approximate surface area is 179 Å². The van der Waals surface area contributed by atoms with Gasteiger partial charge in [-0.1, -0.05) is 12.1 Å². The van der Waals surface area contributed by atoms with E-state index in [0.717, 1.165) is 22.4 Å². The molecule has 1 aliphatic heterocycles. The number of furan rings is 1. The molecular formula is C24H22N4O3. The molecule has 2 aromatic carbocycles. The van der Waals surface area contributed by atoms with Crippen LogP contribution in [0.3, 0.4) is 0 Å². The molecule has 2 aromatic heterocycles. The Morgan fingerprint density at radius 1 is 1.13 bits per heavy atom. The normalized spacial score (nSPS) is 16.2. The van der Waals surface area contributed by atoms with E-state index in [2.05, 4.69) is 9.88 Å². The summed E-state index contributed by atoms with van der Waals surface area (Å²) in [7, 11) is 1.99. The van der Waals surface area contributed by atoms with E-state index in [4.69, 9.17) is 9.40 Å². The van der Waals surface area contributed by atoms with Gasteiger partial charge >= 0.3 is 0 Å². The second-order valence-electron chi connectivity index (χ2n) is 7.80. The quantitative estimate of drug-likeness (QED) is 0.538. The van der Waals surface area contributed by atoms with Crippen LogP contribution in [0.25, 0.3) is 22.4 Å². The summed E-state index contributed by atoms with van der Waals surface area (Å²) in [4.78, 5) is 31.3. The Hall–Kier alpha value is -3.87. The van der Waals surface area contributed by atoms with Gasteiger partial charge in [0.15, 0.2) is 0 Å². The molecule has 31 heavy (non-hydrogen) atoms. The number of rotatable bonds is 5. The van der Waals surface area contributed by atoms with Gasteiger partial charge in [0.2, 0.25) is 11.8 Å². The van der Waals surface area contributed by atoms with Crippen LogP contribution in [0.4, 0.5) is 5.69 Å². The molecule has 156 valence electrons. The first-order chi connectivity index (χ1) is 15.1. The van der Waals surface area contributed by atoms with Crippen LogP contribution in [0, 0.1) is 5.92 Å². The molecular weight excluding hydrogens is 392 g/mol. The maximum atomic E-state index is 12.7. The number of amides is 2. The number of benzene rings is 2. The smallest absolute Gasteiger partial charge is 0.229 e. The van der Waals surface area contributed by atoms with Crippen LogP contribution >= 0.6 is 0 Å². The van der Waals surface area contributed by atoms with Gasteiger partial charge in [-0.3, -0.25) is 9.59 Å². The number of hydrogen-bond donors (Lipinski definition) is 1. The molecule has 0 saturated carbocycles. The highest BCUT2D eigenvalue weighted by atomic mass is 16.3. The standard InChI is InChI=1S/C24H22N4O3/c1-27-21-7-3-2-6-20(21)26-23(27)16-8-10-18(11-9-16)25-24(30)17-13-22(29)28(14-17)15-19-5-4-12-31-19/h2-12,17H,13-15H2,1H3,(H,25,30). The Kier molecular flexibility index (Phi) is 4.78. The number of carbonyl (C=O) groups is 2. The minimum absolute atomic E-state index is 0.0336. The van der Waals surface area contributed by atoms with Gasteiger partial charge in [-0.05, 0) is 48.5 Å². The lowest BCUT2D eigenvalue weighted by Gasteiger charge is -2.15. The van der Waals surface area contributed by atoms with E-state index in [9.17, 15) is 9.59 Å². The summed E-state index contributed by atoms with van der Waals surface area (Å²) in [6.07, 6.45) is 1.79. The summed E-state index contributed by atoms with van der Waals surface area (Å²) in [5.74, 6) is 1.03. The molecule has 1 fully saturated rings. The molecule has 5 rings (SSSR count). The number of likely N-dealkylation sites (tertiary alicyclic amines) is 1. The monoisotopic (exact) mass is 414 g/mol. The zero-order chi connectivity index (χ0) is 21.4. The van der Waals surface area contributed by atoms with Gasteiger partial charge in [0.05, 0.1) is 29.8 Å². The van der Waals surface area contributed by atoms with Gasteiger partial charge in [0.25, 0.3) is 0 Å². The number of nitrogens with one attached hydrogen (secondary N) is 1. The number of imidazole rings is 1. The fourth-order valence-electron chi connectivity index (χ4n) is 4.04. The van der Waals surface area contributed by atoms with Crippen molar-refractivity contribution in [2.24, 2.45) is 13.0 Å². The minimum Gasteiger partial charge on any atom is -0.467 e. The number of fused-ring (bicyclic) bond motifs is 1. The summed E-state index contributed by atoms with van der Waals surface area (Å²) in [5.41, 5.74) is 3.68. The van der Waals surface area contributed by atoms with Gasteiger partial charge in [-0.2, -0.15) is 0 Å². The number of aryl methyl sites for hydroxylation is 1. The number of para-hydroxylation sites is 2. The number of aromatic nitrogens is 2. The lowest BCUT2D eigenvalue weighted by atomic mass is 10.1. The molecule has 2 amide bonds. The highest BCUT2D eigenvalue weighted by molar-refractivity contribution is 5.97. The van der Waals surface area contributed by atoms with Gasteiger partial charge in [-0.15, -0.1) is 0 Å². The van der Waals surface area contributed by atoms with Crippen molar-refractivity contribution in [3.8, 4) is 11.4 Å². The third-order valence-corrected chi connectivity index (χ3v) is 5.71. The van der Waals surface area contributed by atoms with Crippen molar-refractivity contribution in [1.29, 1.82) is 0 Å². The van der Waals surface area contributed by atoms with Crippen molar-refractivity contribution < 1.29 is 14.0 Å². The van der Waals surface area contributed by atoms with Crippen LogP contribution in [0.5, 0.6) is 0 Å². The first kappa shape index (κ1) is 19.1. The van der Waals surface area contributed by atoms with Gasteiger partial charge in [-0.25, -0.2) is 4.98 Å². The Morgan fingerprint density at radius 3 is 2.68 bits per heavy atom. The summed E-state index contributed by atoms with van der Waals surface area (Å²) in [6.45, 7) is 0.783. The molecule has 7 nitrogen and oxygen atoms in total. The molecule has 4 aromatic rings. The maximum Gasteiger partial charge on any atom is 0.229 e. The van der Waals surface area contributed by atoms with Crippen molar-refractivity contribution in [2.45, 2.75) is 13.0 Å². The first-order valence-corrected chi connectivity index (χ1v) is 10.2. The predicted octanol–water partition coefficient (Wildman–Crippen LogP) is 3.82. The van der Waals surface area contributed by atoms with E-state index >= 15 is 0 Å². The highest BCUT2D eigenvalue weighted by Crippen LogP contribution is 2.26. The average molecular weight is 414 g/mol. The molecule has 0 aliphatic carbocycles. The van der Waals surface area contributed by atoms with Crippen molar-refractivity contribution in [1.82, 2.24) is 14.5 Å². The summed E-state index contributed by atoms with van der Waals surface area (Å²) in [5, 5.41) is 2.94. The second-order valence-corrected chi connectivity index (χ2v) is 7.80. The second kappa shape index (κ2) is 7.75. The summed E-state index contributed by atoms with van der Waals surface area (Å²) >= 11 is 0. The fourth-order valence-corrected chi connectivity index (χ4v) is 4.04. The van der Waals surface area contributed by atoms with Gasteiger partial charge in [0.1, 0.15) is 11.6 Å². The highest BCUT2D eigenvalue weighted by Gasteiger charge is 2.34. The zero-order valence-corrected chi connectivity index (χ0v) is 17.1. The minimum atomic E-state index is -0.373. The van der Waals surface area contributed by atoms with Crippen LogP contribution in [0.2, 0.25) is 0 Å². The van der Waals surface area contributed by atoms with E-state index < -0.39 is 0 Å².